The van der Waals surface area contributed by atoms with Crippen molar-refractivity contribution in [3.8, 4) is 0 Å². The van der Waals surface area contributed by atoms with Gasteiger partial charge in [-0.1, -0.05) is 88.4 Å². The second kappa shape index (κ2) is 8.17. The van der Waals surface area contributed by atoms with Crippen LogP contribution in [0, 0.1) is 6.92 Å². The van der Waals surface area contributed by atoms with Gasteiger partial charge < -0.3 is 0 Å². The first-order chi connectivity index (χ1) is 14.9. The van der Waals surface area contributed by atoms with E-state index >= 15 is 0 Å². The van der Waals surface area contributed by atoms with Gasteiger partial charge in [0, 0.05) is 10.6 Å². The van der Waals surface area contributed by atoms with Crippen LogP contribution in [-0.2, 0) is 0 Å². The van der Waals surface area contributed by atoms with Crippen LogP contribution in [0.25, 0.3) is 9.93 Å². The zero-order valence-corrected chi connectivity index (χ0v) is 20.4. The summed E-state index contributed by atoms with van der Waals surface area (Å²) < 4.78 is 3.63. The van der Waals surface area contributed by atoms with Gasteiger partial charge in [0.15, 0.2) is 4.80 Å². The first-order valence-corrected chi connectivity index (χ1v) is 12.7. The van der Waals surface area contributed by atoms with E-state index in [9.17, 15) is 4.79 Å². The molecule has 1 unspecified atom stereocenters. The van der Waals surface area contributed by atoms with Crippen molar-refractivity contribution in [3.63, 3.8) is 0 Å². The van der Waals surface area contributed by atoms with Crippen LogP contribution in [0.3, 0.4) is 0 Å². The number of allylic oxidation sites excluding steroid dienone is 3. The van der Waals surface area contributed by atoms with Gasteiger partial charge in [-0.05, 0) is 54.4 Å². The molecule has 2 aliphatic heterocycles. The molecule has 0 fully saturated rings. The van der Waals surface area contributed by atoms with Gasteiger partial charge >= 0.3 is 0 Å². The van der Waals surface area contributed by atoms with E-state index in [4.69, 9.17) is 16.6 Å². The number of aromatic nitrogens is 1. The third kappa shape index (κ3) is 3.87. The van der Waals surface area contributed by atoms with Crippen LogP contribution in [-0.4, -0.2) is 4.57 Å². The second-order valence-electron chi connectivity index (χ2n) is 7.52. The standard InChI is InChI=1S/C24H19ClN2OS3/c1-13-4-6-16(7-5-13)19-12-20(17-8-10-18(25)11-9-17)27-22(28)21(31-24(27)26-19)23-29-14(2)15(3)30-23/h4-12,20H,1-3H3. The van der Waals surface area contributed by atoms with Crippen LogP contribution in [0.5, 0.6) is 0 Å². The van der Waals surface area contributed by atoms with Crippen LogP contribution in [0.4, 0.5) is 0 Å². The highest BCUT2D eigenvalue weighted by atomic mass is 35.5. The molecule has 2 aliphatic rings. The molecule has 0 saturated heterocycles. The molecule has 7 heteroatoms. The van der Waals surface area contributed by atoms with Crippen molar-refractivity contribution in [1.82, 2.24) is 4.57 Å². The Morgan fingerprint density at radius 2 is 1.58 bits per heavy atom. The molecule has 2 aromatic carbocycles. The molecule has 3 heterocycles. The summed E-state index contributed by atoms with van der Waals surface area (Å²) in [5.41, 5.74) is 4.16. The van der Waals surface area contributed by atoms with E-state index < -0.39 is 0 Å². The molecule has 31 heavy (non-hydrogen) atoms. The molecule has 156 valence electrons. The highest BCUT2D eigenvalue weighted by Crippen LogP contribution is 2.48. The molecule has 5 rings (SSSR count). The molecule has 1 aromatic heterocycles. The number of thioether (sulfide) groups is 2. The third-order valence-electron chi connectivity index (χ3n) is 5.35. The topological polar surface area (TPSA) is 34.4 Å². The highest BCUT2D eigenvalue weighted by molar-refractivity contribution is 8.35. The van der Waals surface area contributed by atoms with E-state index in [0.717, 1.165) is 30.4 Å². The number of hydrogen-bond donors (Lipinski definition) is 0. The minimum absolute atomic E-state index is 0.0143. The summed E-state index contributed by atoms with van der Waals surface area (Å²) in [6, 6.07) is 15.8. The Labute approximate surface area is 197 Å². The zero-order valence-electron chi connectivity index (χ0n) is 17.2. The summed E-state index contributed by atoms with van der Waals surface area (Å²) >= 11 is 11.0. The Hall–Kier alpha value is -1.99. The van der Waals surface area contributed by atoms with E-state index in [2.05, 4.69) is 51.1 Å². The van der Waals surface area contributed by atoms with E-state index in [1.54, 1.807) is 23.5 Å². The minimum Gasteiger partial charge on any atom is -0.272 e. The maximum Gasteiger partial charge on any atom is 0.272 e. The summed E-state index contributed by atoms with van der Waals surface area (Å²) in [7, 11) is 0. The first-order valence-electron chi connectivity index (χ1n) is 9.82. The van der Waals surface area contributed by atoms with Crippen LogP contribution in [0.15, 0.2) is 74.2 Å². The van der Waals surface area contributed by atoms with Crippen LogP contribution in [0.1, 0.15) is 36.6 Å². The largest absolute Gasteiger partial charge is 0.272 e. The average Bonchev–Trinajstić information content (AvgIpc) is 3.27. The smallest absolute Gasteiger partial charge is 0.272 e. The normalized spacial score (nSPS) is 18.1. The highest BCUT2D eigenvalue weighted by Gasteiger charge is 2.25. The van der Waals surface area contributed by atoms with Crippen molar-refractivity contribution in [1.29, 1.82) is 0 Å². The Balaban J connectivity index is 1.74. The van der Waals surface area contributed by atoms with Gasteiger partial charge in [-0.25, -0.2) is 4.99 Å². The van der Waals surface area contributed by atoms with Gasteiger partial charge in [-0.15, -0.1) is 0 Å². The average molecular weight is 483 g/mol. The number of rotatable bonds is 2. The number of nitrogens with zero attached hydrogens (tertiary/aromatic N) is 2. The molecule has 0 bridgehead atoms. The van der Waals surface area contributed by atoms with E-state index in [1.807, 2.05) is 28.8 Å². The molecule has 3 nitrogen and oxygen atoms in total. The molecular weight excluding hydrogens is 464 g/mol. The fourth-order valence-electron chi connectivity index (χ4n) is 3.52. The lowest BCUT2D eigenvalue weighted by molar-refractivity contribution is 0.644. The maximum absolute atomic E-state index is 13.5. The Kier molecular flexibility index (Phi) is 5.51. The number of halogens is 1. The SMILES string of the molecule is CC1=C(C)SC(=c2sc3n(c2=O)C(c2ccc(Cl)cc2)C=C(c2ccc(C)cc2)N=3)S1. The lowest BCUT2D eigenvalue weighted by Gasteiger charge is -2.19. The Bertz CT molecular complexity index is 1410. The van der Waals surface area contributed by atoms with Crippen molar-refractivity contribution < 1.29 is 0 Å². The van der Waals surface area contributed by atoms with Crippen molar-refractivity contribution in [3.05, 3.63) is 106 Å². The van der Waals surface area contributed by atoms with Gasteiger partial charge in [0.05, 0.1) is 16.0 Å². The Morgan fingerprint density at radius 1 is 0.935 bits per heavy atom. The molecule has 0 N–H and O–H groups in total. The van der Waals surface area contributed by atoms with Crippen molar-refractivity contribution >= 4 is 56.4 Å². The lowest BCUT2D eigenvalue weighted by atomic mass is 10.0. The van der Waals surface area contributed by atoms with Crippen molar-refractivity contribution in [2.75, 3.05) is 0 Å². The van der Waals surface area contributed by atoms with Gasteiger partial charge in [0.1, 0.15) is 4.53 Å². The molecule has 0 spiro atoms. The third-order valence-corrected chi connectivity index (χ3v) is 9.55. The molecule has 0 aliphatic carbocycles. The van der Waals surface area contributed by atoms with Gasteiger partial charge in [0.2, 0.25) is 0 Å². The summed E-state index contributed by atoms with van der Waals surface area (Å²) in [5, 5.41) is 0.678. The van der Waals surface area contributed by atoms with Crippen molar-refractivity contribution in [2.45, 2.75) is 26.8 Å². The Morgan fingerprint density at radius 3 is 2.23 bits per heavy atom. The second-order valence-corrected chi connectivity index (χ2v) is 11.6. The molecule has 0 saturated carbocycles. The summed E-state index contributed by atoms with van der Waals surface area (Å²) in [5.74, 6) is 0. The fraction of sp³-hybridized carbons (Fsp3) is 0.167. The minimum atomic E-state index is -0.231. The van der Waals surface area contributed by atoms with Crippen molar-refractivity contribution in [2.24, 2.45) is 4.99 Å². The van der Waals surface area contributed by atoms with Crippen LogP contribution in [0.2, 0.25) is 5.02 Å². The van der Waals surface area contributed by atoms with E-state index in [-0.39, 0.29) is 11.6 Å². The predicted octanol–water partition coefficient (Wildman–Crippen LogP) is 5.93. The maximum atomic E-state index is 13.5. The number of thiazole rings is 1. The quantitative estimate of drug-likeness (QED) is 0.453. The summed E-state index contributed by atoms with van der Waals surface area (Å²) in [6.45, 7) is 6.27. The van der Waals surface area contributed by atoms with Crippen LogP contribution >= 0.6 is 46.5 Å². The predicted molar refractivity (Wildman–Crippen MR) is 135 cm³/mol. The molecule has 0 amide bonds. The van der Waals surface area contributed by atoms with Gasteiger partial charge in [0.25, 0.3) is 5.56 Å². The van der Waals surface area contributed by atoms with Gasteiger partial charge in [-0.3, -0.25) is 9.36 Å². The summed E-state index contributed by atoms with van der Waals surface area (Å²) in [4.78, 5) is 21.7. The monoisotopic (exact) mass is 482 g/mol. The summed E-state index contributed by atoms with van der Waals surface area (Å²) in [6.07, 6.45) is 2.08. The molecule has 3 aromatic rings. The van der Waals surface area contributed by atoms with Gasteiger partial charge in [-0.2, -0.15) is 0 Å². The molecule has 0 radical (unpaired) electrons. The van der Waals surface area contributed by atoms with E-state index in [0.29, 0.717) is 5.02 Å². The number of hydrogen-bond acceptors (Lipinski definition) is 5. The fourth-order valence-corrected chi connectivity index (χ4v) is 7.41. The molecular formula is C24H19ClN2OS3. The van der Waals surface area contributed by atoms with Crippen LogP contribution < -0.4 is 14.9 Å². The lowest BCUT2D eigenvalue weighted by Crippen LogP contribution is -2.36. The first kappa shape index (κ1) is 20.9. The van der Waals surface area contributed by atoms with E-state index in [1.165, 1.54) is 26.7 Å². The number of fused-ring (bicyclic) bond motifs is 1. The number of benzene rings is 2. The number of aryl methyl sites for hydroxylation is 1. The molecule has 1 atom stereocenters. The zero-order chi connectivity index (χ0) is 21.7.